The molecule has 0 unspecified atom stereocenters. The first-order chi connectivity index (χ1) is 12.1. The van der Waals surface area contributed by atoms with Crippen LogP contribution in [-0.2, 0) is 17.9 Å². The Bertz CT molecular complexity index is 688. The molecular formula is C19H26N4OS. The van der Waals surface area contributed by atoms with Crippen molar-refractivity contribution in [3.8, 4) is 0 Å². The Morgan fingerprint density at radius 2 is 2.12 bits per heavy atom. The number of carbonyl (C=O) groups excluding carboxylic acids is 1. The molecule has 3 rings (SSSR count). The molecule has 1 aliphatic rings. The number of likely N-dealkylation sites (tertiary alicyclic amines) is 1. The van der Waals surface area contributed by atoms with Crippen LogP contribution in [0.4, 0.5) is 0 Å². The van der Waals surface area contributed by atoms with Crippen LogP contribution in [-0.4, -0.2) is 44.8 Å². The van der Waals surface area contributed by atoms with Crippen molar-refractivity contribution in [1.29, 1.82) is 0 Å². The number of rotatable bonds is 5. The smallest absolute Gasteiger partial charge is 0.219 e. The molecule has 3 heterocycles. The number of aromatic nitrogens is 2. The second-order valence-corrected chi connectivity index (χ2v) is 7.78. The molecule has 1 aliphatic heterocycles. The van der Waals surface area contributed by atoms with Gasteiger partial charge in [-0.2, -0.15) is 0 Å². The molecule has 0 radical (unpaired) electrons. The summed E-state index contributed by atoms with van der Waals surface area (Å²) in [6, 6.07) is 2.49. The zero-order valence-corrected chi connectivity index (χ0v) is 15.8. The SMILES string of the molecule is CC(=O)N(Cc1cncnc1)[C@H]1CCCN(Cc2sccc2C)CC1. The molecule has 0 aliphatic carbocycles. The Balaban J connectivity index is 1.62. The van der Waals surface area contributed by atoms with Crippen molar-refractivity contribution in [2.24, 2.45) is 0 Å². The highest BCUT2D eigenvalue weighted by Crippen LogP contribution is 2.23. The predicted molar refractivity (Wildman–Crippen MR) is 100 cm³/mol. The highest BCUT2D eigenvalue weighted by molar-refractivity contribution is 7.10. The van der Waals surface area contributed by atoms with Crippen LogP contribution >= 0.6 is 11.3 Å². The lowest BCUT2D eigenvalue weighted by atomic mass is 10.1. The maximum Gasteiger partial charge on any atom is 0.219 e. The minimum Gasteiger partial charge on any atom is -0.335 e. The van der Waals surface area contributed by atoms with E-state index in [0.717, 1.165) is 44.5 Å². The van der Waals surface area contributed by atoms with E-state index in [2.05, 4.69) is 33.2 Å². The van der Waals surface area contributed by atoms with Gasteiger partial charge in [0, 0.05) is 55.4 Å². The normalized spacial score (nSPS) is 18.7. The van der Waals surface area contributed by atoms with E-state index in [0.29, 0.717) is 12.6 Å². The molecule has 2 aromatic rings. The molecule has 1 fully saturated rings. The lowest BCUT2D eigenvalue weighted by Crippen LogP contribution is -2.39. The van der Waals surface area contributed by atoms with Gasteiger partial charge in [0.1, 0.15) is 6.33 Å². The molecule has 0 saturated carbocycles. The van der Waals surface area contributed by atoms with Crippen molar-refractivity contribution >= 4 is 17.2 Å². The largest absolute Gasteiger partial charge is 0.335 e. The monoisotopic (exact) mass is 358 g/mol. The average Bonchev–Trinajstić information content (AvgIpc) is 2.87. The summed E-state index contributed by atoms with van der Waals surface area (Å²) in [5.74, 6) is 0.136. The first-order valence-electron chi connectivity index (χ1n) is 8.90. The van der Waals surface area contributed by atoms with Gasteiger partial charge in [0.2, 0.25) is 5.91 Å². The molecule has 2 aromatic heterocycles. The second kappa shape index (κ2) is 8.54. The minimum atomic E-state index is 0.136. The molecule has 25 heavy (non-hydrogen) atoms. The van der Waals surface area contributed by atoms with Crippen LogP contribution in [0.5, 0.6) is 0 Å². The quantitative estimate of drug-likeness (QED) is 0.823. The van der Waals surface area contributed by atoms with Crippen LogP contribution in [0.15, 0.2) is 30.2 Å². The summed E-state index contributed by atoms with van der Waals surface area (Å²) >= 11 is 1.84. The van der Waals surface area contributed by atoms with Gasteiger partial charge in [0.25, 0.3) is 0 Å². The maximum atomic E-state index is 12.2. The fourth-order valence-electron chi connectivity index (χ4n) is 3.48. The molecule has 1 amide bonds. The number of hydrogen-bond acceptors (Lipinski definition) is 5. The van der Waals surface area contributed by atoms with E-state index in [1.54, 1.807) is 19.3 Å². The number of amides is 1. The van der Waals surface area contributed by atoms with Crippen LogP contribution < -0.4 is 0 Å². The number of hydrogen-bond donors (Lipinski definition) is 0. The van der Waals surface area contributed by atoms with E-state index in [4.69, 9.17) is 0 Å². The van der Waals surface area contributed by atoms with Gasteiger partial charge in [-0.25, -0.2) is 9.97 Å². The van der Waals surface area contributed by atoms with Gasteiger partial charge < -0.3 is 4.90 Å². The second-order valence-electron chi connectivity index (χ2n) is 6.78. The molecule has 1 atom stereocenters. The topological polar surface area (TPSA) is 49.3 Å². The molecule has 0 N–H and O–H groups in total. The average molecular weight is 359 g/mol. The Labute approximate surface area is 153 Å². The molecule has 0 bridgehead atoms. The molecule has 0 aromatic carbocycles. The Hall–Kier alpha value is -1.79. The lowest BCUT2D eigenvalue weighted by molar-refractivity contribution is -0.132. The maximum absolute atomic E-state index is 12.2. The van der Waals surface area contributed by atoms with E-state index in [1.165, 1.54) is 16.8 Å². The van der Waals surface area contributed by atoms with Gasteiger partial charge in [-0.05, 0) is 49.7 Å². The summed E-state index contributed by atoms with van der Waals surface area (Å²) in [7, 11) is 0. The van der Waals surface area contributed by atoms with Crippen LogP contribution in [0.25, 0.3) is 0 Å². The van der Waals surface area contributed by atoms with Crippen molar-refractivity contribution in [1.82, 2.24) is 19.8 Å². The third-order valence-electron chi connectivity index (χ3n) is 4.94. The third-order valence-corrected chi connectivity index (χ3v) is 5.95. The highest BCUT2D eigenvalue weighted by Gasteiger charge is 2.25. The van der Waals surface area contributed by atoms with E-state index in [9.17, 15) is 4.79 Å². The van der Waals surface area contributed by atoms with Crippen LogP contribution in [0.1, 0.15) is 42.2 Å². The van der Waals surface area contributed by atoms with Crippen LogP contribution in [0.2, 0.25) is 0 Å². The number of thiophene rings is 1. The molecule has 0 spiro atoms. The van der Waals surface area contributed by atoms with Crippen molar-refractivity contribution in [3.63, 3.8) is 0 Å². The number of aryl methyl sites for hydroxylation is 1. The van der Waals surface area contributed by atoms with Crippen molar-refractivity contribution in [2.45, 2.75) is 52.2 Å². The fraction of sp³-hybridized carbons (Fsp3) is 0.526. The van der Waals surface area contributed by atoms with Gasteiger partial charge in [-0.1, -0.05) is 0 Å². The Kier molecular flexibility index (Phi) is 6.15. The standard InChI is InChI=1S/C19H26N4OS/c1-15-6-9-25-19(15)13-22-7-3-4-18(5-8-22)23(16(2)24)12-17-10-20-14-21-11-17/h6,9-11,14,18H,3-5,7-8,12-13H2,1-2H3/t18-/m0/s1. The van der Waals surface area contributed by atoms with Crippen molar-refractivity contribution < 1.29 is 4.79 Å². The number of carbonyl (C=O) groups is 1. The van der Waals surface area contributed by atoms with Crippen LogP contribution in [0.3, 0.4) is 0 Å². The zero-order chi connectivity index (χ0) is 17.6. The van der Waals surface area contributed by atoms with Crippen LogP contribution in [0, 0.1) is 6.92 Å². The lowest BCUT2D eigenvalue weighted by Gasteiger charge is -2.30. The Morgan fingerprint density at radius 1 is 1.32 bits per heavy atom. The number of nitrogens with zero attached hydrogens (tertiary/aromatic N) is 4. The van der Waals surface area contributed by atoms with Gasteiger partial charge in [0.15, 0.2) is 0 Å². The summed E-state index contributed by atoms with van der Waals surface area (Å²) < 4.78 is 0. The predicted octanol–water partition coefficient (Wildman–Crippen LogP) is 3.25. The van der Waals surface area contributed by atoms with E-state index in [-0.39, 0.29) is 5.91 Å². The van der Waals surface area contributed by atoms with Crippen molar-refractivity contribution in [3.05, 3.63) is 46.2 Å². The fourth-order valence-corrected chi connectivity index (χ4v) is 4.43. The molecule has 6 heteroatoms. The first-order valence-corrected chi connectivity index (χ1v) is 9.78. The summed E-state index contributed by atoms with van der Waals surface area (Å²) in [4.78, 5) is 26.3. The van der Waals surface area contributed by atoms with Gasteiger partial charge in [-0.15, -0.1) is 11.3 Å². The van der Waals surface area contributed by atoms with E-state index < -0.39 is 0 Å². The highest BCUT2D eigenvalue weighted by atomic mass is 32.1. The van der Waals surface area contributed by atoms with E-state index >= 15 is 0 Å². The minimum absolute atomic E-state index is 0.136. The molecule has 134 valence electrons. The van der Waals surface area contributed by atoms with Gasteiger partial charge in [-0.3, -0.25) is 9.69 Å². The zero-order valence-electron chi connectivity index (χ0n) is 15.0. The third kappa shape index (κ3) is 4.86. The van der Waals surface area contributed by atoms with Crippen molar-refractivity contribution in [2.75, 3.05) is 13.1 Å². The molecular weight excluding hydrogens is 332 g/mol. The summed E-state index contributed by atoms with van der Waals surface area (Å²) in [6.45, 7) is 7.63. The molecule has 1 saturated heterocycles. The summed E-state index contributed by atoms with van der Waals surface area (Å²) in [6.07, 6.45) is 8.34. The first kappa shape index (κ1) is 18.0. The Morgan fingerprint density at radius 3 is 2.80 bits per heavy atom. The summed E-state index contributed by atoms with van der Waals surface area (Å²) in [5, 5.41) is 2.17. The van der Waals surface area contributed by atoms with Gasteiger partial charge >= 0.3 is 0 Å². The van der Waals surface area contributed by atoms with E-state index in [1.807, 2.05) is 16.2 Å². The molecule has 5 nitrogen and oxygen atoms in total. The van der Waals surface area contributed by atoms with Gasteiger partial charge in [0.05, 0.1) is 0 Å². The summed E-state index contributed by atoms with van der Waals surface area (Å²) in [5.41, 5.74) is 2.38.